The smallest absolute Gasteiger partial charge is 0.238 e. The third-order valence-electron chi connectivity index (χ3n) is 13.2. The van der Waals surface area contributed by atoms with Crippen LogP contribution in [0, 0.1) is 62.1 Å². The molecule has 2 aromatic heterocycles. The van der Waals surface area contributed by atoms with E-state index in [1.165, 1.54) is 0 Å². The van der Waals surface area contributed by atoms with E-state index in [4.69, 9.17) is 0 Å². The Labute approximate surface area is 266 Å². The first-order valence-electron chi connectivity index (χ1n) is 16.6. The highest BCUT2D eigenvalue weighted by atomic mass is 16.2. The van der Waals surface area contributed by atoms with E-state index >= 15 is 0 Å². The average Bonchev–Trinajstić information content (AvgIpc) is 3.50. The number of carbonyl (C=O) groups is 3. The Morgan fingerprint density at radius 2 is 1.73 bits per heavy atom. The lowest BCUT2D eigenvalue weighted by Gasteiger charge is -2.64. The molecule has 234 valence electrons. The number of fused-ring (bicyclic) bond motifs is 7. The van der Waals surface area contributed by atoms with Crippen LogP contribution in [0.25, 0.3) is 11.4 Å². The number of rotatable bonds is 2. The summed E-state index contributed by atoms with van der Waals surface area (Å²) in [6.07, 6.45) is 14.8. The molecule has 0 N–H and O–H groups in total. The number of aromatic nitrogens is 3. The van der Waals surface area contributed by atoms with Crippen LogP contribution in [0.2, 0.25) is 0 Å². The third-order valence-corrected chi connectivity index (χ3v) is 13.2. The zero-order chi connectivity index (χ0) is 32.2. The maximum absolute atomic E-state index is 14.7. The maximum Gasteiger partial charge on any atom is 0.238 e. The van der Waals surface area contributed by atoms with Crippen molar-refractivity contribution in [2.45, 2.75) is 86.5 Å². The minimum absolute atomic E-state index is 0.0192. The second-order valence-electron chi connectivity index (χ2n) is 16.5. The van der Waals surface area contributed by atoms with E-state index in [1.807, 2.05) is 44.2 Å². The molecule has 0 saturated heterocycles. The fraction of sp³-hybridized carbons (Fsp3) is 0.579. The summed E-state index contributed by atoms with van der Waals surface area (Å²) in [7, 11) is 0. The number of carbonyl (C=O) groups excluding carboxylic acids is 3. The van der Waals surface area contributed by atoms with Gasteiger partial charge >= 0.3 is 0 Å². The van der Waals surface area contributed by atoms with Crippen LogP contribution in [0.4, 0.5) is 0 Å². The van der Waals surface area contributed by atoms with Crippen molar-refractivity contribution in [1.29, 1.82) is 5.26 Å². The molecular formula is C38H44N4O3. The van der Waals surface area contributed by atoms with Crippen molar-refractivity contribution in [1.82, 2.24) is 14.5 Å². The van der Waals surface area contributed by atoms with E-state index in [-0.39, 0.29) is 57.5 Å². The number of ketones is 2. The minimum atomic E-state index is -0.683. The number of nitriles is 1. The molecule has 45 heavy (non-hydrogen) atoms. The monoisotopic (exact) mass is 604 g/mol. The van der Waals surface area contributed by atoms with Gasteiger partial charge in [-0.05, 0) is 91.7 Å². The second kappa shape index (κ2) is 9.67. The Morgan fingerprint density at radius 1 is 0.956 bits per heavy atom. The van der Waals surface area contributed by atoms with Crippen LogP contribution >= 0.6 is 0 Å². The Bertz CT molecular complexity index is 1720. The summed E-state index contributed by atoms with van der Waals surface area (Å²) in [4.78, 5) is 51.6. The SMILES string of the molecule is CC1(C)CC[C@]2(C(=O)n3cnc(-c4ccccn4)c3)CCC3[C@H](C(=O)C=C4[C@@]3(C)CC[C@H]3C(C)(C)C(=O)C(C#N)=C[C@]43C)[C@@H]2C1. The number of Topliss-reactive ketones (excluding diaryl/α,β-unsaturated/α-hetero) is 1. The van der Waals surface area contributed by atoms with Crippen LogP contribution in [0.1, 0.15) is 91.3 Å². The topological polar surface area (TPSA) is 106 Å². The number of hydrogen-bond donors (Lipinski definition) is 0. The van der Waals surface area contributed by atoms with Crippen LogP contribution in [-0.2, 0) is 9.59 Å². The molecule has 7 heteroatoms. The highest BCUT2D eigenvalue weighted by Gasteiger charge is 2.67. The van der Waals surface area contributed by atoms with Crippen LogP contribution < -0.4 is 0 Å². The van der Waals surface area contributed by atoms with Crippen LogP contribution in [0.3, 0.4) is 0 Å². The highest BCUT2D eigenvalue weighted by molar-refractivity contribution is 6.04. The first kappa shape index (κ1) is 30.0. The maximum atomic E-state index is 14.7. The van der Waals surface area contributed by atoms with Gasteiger partial charge in [-0.25, -0.2) is 4.98 Å². The van der Waals surface area contributed by atoms with Crippen molar-refractivity contribution >= 4 is 17.5 Å². The molecule has 2 heterocycles. The van der Waals surface area contributed by atoms with Gasteiger partial charge in [0.15, 0.2) is 11.6 Å². The molecule has 1 unspecified atom stereocenters. The summed E-state index contributed by atoms with van der Waals surface area (Å²) in [5.74, 6) is -0.111. The van der Waals surface area contributed by atoms with Crippen LogP contribution in [0.5, 0.6) is 0 Å². The number of nitrogens with zero attached hydrogens (tertiary/aromatic N) is 4. The average molecular weight is 605 g/mol. The Hall–Kier alpha value is -3.66. The zero-order valence-corrected chi connectivity index (χ0v) is 27.4. The molecule has 7 rings (SSSR count). The van der Waals surface area contributed by atoms with Gasteiger partial charge < -0.3 is 0 Å². The number of pyridine rings is 1. The lowest BCUT2D eigenvalue weighted by molar-refractivity contribution is -0.143. The summed E-state index contributed by atoms with van der Waals surface area (Å²) >= 11 is 0. The van der Waals surface area contributed by atoms with E-state index < -0.39 is 16.2 Å². The molecule has 5 aliphatic rings. The molecule has 2 aromatic rings. The summed E-state index contributed by atoms with van der Waals surface area (Å²) in [6, 6.07) is 7.85. The standard InChI is InChI=1S/C38H44N4O3/c1-34(2)14-15-38(33(45)42-21-27(41-22-42)26-9-7-8-16-40-26)13-10-24-31(25(38)19-34)28(43)17-30-36(24,5)12-11-29-35(3,4)32(44)23(20-39)18-37(29,30)6/h7-9,16-18,21-22,24-25,29,31H,10-15,19H2,1-6H3/t24?,25-,29-,31-,36-,37-,38+/m0/s1. The molecule has 0 bridgehead atoms. The molecule has 3 fully saturated rings. The highest BCUT2D eigenvalue weighted by Crippen LogP contribution is 2.70. The summed E-state index contributed by atoms with van der Waals surface area (Å²) in [5.41, 5.74) is 0.601. The van der Waals surface area contributed by atoms with Crippen molar-refractivity contribution in [2.75, 3.05) is 0 Å². The molecule has 0 radical (unpaired) electrons. The van der Waals surface area contributed by atoms with Crippen molar-refractivity contribution in [3.05, 3.63) is 60.2 Å². The Morgan fingerprint density at radius 3 is 2.44 bits per heavy atom. The summed E-state index contributed by atoms with van der Waals surface area (Å²) < 4.78 is 1.66. The van der Waals surface area contributed by atoms with E-state index in [0.717, 1.165) is 56.2 Å². The lowest BCUT2D eigenvalue weighted by atomic mass is 9.38. The minimum Gasteiger partial charge on any atom is -0.295 e. The molecule has 7 nitrogen and oxygen atoms in total. The summed E-state index contributed by atoms with van der Waals surface area (Å²) in [5, 5.41) is 9.95. The normalized spacial score (nSPS) is 38.0. The largest absolute Gasteiger partial charge is 0.295 e. The zero-order valence-electron chi connectivity index (χ0n) is 27.4. The van der Waals surface area contributed by atoms with E-state index in [9.17, 15) is 19.6 Å². The fourth-order valence-electron chi connectivity index (χ4n) is 11.0. The van der Waals surface area contributed by atoms with Gasteiger partial charge in [-0.15, -0.1) is 0 Å². The van der Waals surface area contributed by atoms with Gasteiger partial charge in [0.2, 0.25) is 5.91 Å². The van der Waals surface area contributed by atoms with Gasteiger partial charge in [0.25, 0.3) is 0 Å². The second-order valence-corrected chi connectivity index (χ2v) is 16.5. The van der Waals surface area contributed by atoms with E-state index in [1.54, 1.807) is 23.3 Å². The van der Waals surface area contributed by atoms with Crippen molar-refractivity contribution in [2.24, 2.45) is 50.7 Å². The first-order valence-corrected chi connectivity index (χ1v) is 16.6. The Balaban J connectivity index is 1.31. The molecule has 0 aromatic carbocycles. The predicted octanol–water partition coefficient (Wildman–Crippen LogP) is 7.41. The van der Waals surface area contributed by atoms with E-state index in [0.29, 0.717) is 5.69 Å². The van der Waals surface area contributed by atoms with Gasteiger partial charge in [-0.2, -0.15) is 5.26 Å². The molecule has 7 atom stereocenters. The Kier molecular flexibility index (Phi) is 6.45. The van der Waals surface area contributed by atoms with Crippen molar-refractivity contribution in [3.63, 3.8) is 0 Å². The quantitative estimate of drug-likeness (QED) is 0.353. The first-order chi connectivity index (χ1) is 21.2. The number of imidazole rings is 1. The molecule has 0 spiro atoms. The van der Waals surface area contributed by atoms with E-state index in [2.05, 4.69) is 43.7 Å². The van der Waals surface area contributed by atoms with Gasteiger partial charge in [-0.1, -0.05) is 59.3 Å². The molecule has 0 aliphatic heterocycles. The molecule has 3 saturated carbocycles. The van der Waals surface area contributed by atoms with Crippen molar-refractivity contribution in [3.8, 4) is 17.5 Å². The third kappa shape index (κ3) is 4.09. The molecule has 5 aliphatic carbocycles. The van der Waals surface area contributed by atoms with Gasteiger partial charge in [-0.3, -0.25) is 23.9 Å². The number of allylic oxidation sites excluding steroid dienone is 4. The lowest BCUT2D eigenvalue weighted by Crippen LogP contribution is -2.62. The molecular weight excluding hydrogens is 560 g/mol. The fourth-order valence-corrected chi connectivity index (χ4v) is 11.0. The van der Waals surface area contributed by atoms with Gasteiger partial charge in [0.1, 0.15) is 18.1 Å². The van der Waals surface area contributed by atoms with Crippen LogP contribution in [0.15, 0.2) is 60.2 Å². The van der Waals surface area contributed by atoms with Gasteiger partial charge in [0.05, 0.1) is 16.7 Å². The number of hydrogen-bond acceptors (Lipinski definition) is 6. The molecule has 0 amide bonds. The predicted molar refractivity (Wildman–Crippen MR) is 170 cm³/mol. The van der Waals surface area contributed by atoms with Crippen molar-refractivity contribution < 1.29 is 14.4 Å². The summed E-state index contributed by atoms with van der Waals surface area (Å²) in [6.45, 7) is 13.0. The van der Waals surface area contributed by atoms with Crippen LogP contribution in [-0.4, -0.2) is 32.0 Å². The van der Waals surface area contributed by atoms with Gasteiger partial charge in [0, 0.05) is 29.1 Å².